The van der Waals surface area contributed by atoms with Gasteiger partial charge in [-0.2, -0.15) is 0 Å². The van der Waals surface area contributed by atoms with E-state index >= 15 is 0 Å². The molecule has 0 bridgehead atoms. The molecule has 3 N–H and O–H groups in total. The molecule has 0 aliphatic rings. The highest BCUT2D eigenvalue weighted by Gasteiger charge is 2.17. The highest BCUT2D eigenvalue weighted by Crippen LogP contribution is 2.36. The van der Waals surface area contributed by atoms with Crippen molar-refractivity contribution in [2.24, 2.45) is 0 Å². The fraction of sp³-hybridized carbons (Fsp3) is 0.278. The van der Waals surface area contributed by atoms with Crippen molar-refractivity contribution in [3.63, 3.8) is 0 Å². The smallest absolute Gasteiger partial charge is 0.307 e. The zero-order chi connectivity index (χ0) is 17.9. The maximum atomic E-state index is 13.5. The first kappa shape index (κ1) is 18.4. The summed E-state index contributed by atoms with van der Waals surface area (Å²) in [6.45, 7) is 4.01. The van der Waals surface area contributed by atoms with Gasteiger partial charge < -0.3 is 15.5 Å². The van der Waals surface area contributed by atoms with Crippen LogP contribution in [0.25, 0.3) is 11.1 Å². The van der Waals surface area contributed by atoms with Crippen LogP contribution in [-0.4, -0.2) is 22.4 Å². The molecule has 0 radical (unpaired) electrons. The molecule has 24 heavy (non-hydrogen) atoms. The molecule has 0 amide bonds. The Morgan fingerprint density at radius 1 is 1.29 bits per heavy atom. The van der Waals surface area contributed by atoms with Gasteiger partial charge in [0.15, 0.2) is 0 Å². The second kappa shape index (κ2) is 7.77. The van der Waals surface area contributed by atoms with Crippen molar-refractivity contribution in [3.05, 3.63) is 52.3 Å². The summed E-state index contributed by atoms with van der Waals surface area (Å²) in [4.78, 5) is 10.7. The van der Waals surface area contributed by atoms with E-state index in [4.69, 9.17) is 5.11 Å². The molecule has 2 aromatic carbocycles. The van der Waals surface area contributed by atoms with Crippen LogP contribution < -0.4 is 5.32 Å². The first-order chi connectivity index (χ1) is 11.3. The summed E-state index contributed by atoms with van der Waals surface area (Å²) in [6, 6.07) is 10.3. The van der Waals surface area contributed by atoms with Gasteiger partial charge in [-0.15, -0.1) is 0 Å². The van der Waals surface area contributed by atoms with E-state index < -0.39 is 18.6 Å². The number of aliphatic carboxylic acids is 1. The number of carbonyl (C=O) groups is 1. The largest absolute Gasteiger partial charge is 0.481 e. The minimum Gasteiger partial charge on any atom is -0.481 e. The van der Waals surface area contributed by atoms with Gasteiger partial charge in [0.25, 0.3) is 0 Å². The van der Waals surface area contributed by atoms with Gasteiger partial charge in [-0.25, -0.2) is 4.39 Å². The van der Waals surface area contributed by atoms with Crippen molar-refractivity contribution in [2.75, 3.05) is 5.32 Å². The van der Waals surface area contributed by atoms with E-state index in [0.717, 1.165) is 16.7 Å². The van der Waals surface area contributed by atoms with E-state index in [1.807, 2.05) is 26.0 Å². The van der Waals surface area contributed by atoms with Crippen molar-refractivity contribution in [3.8, 4) is 11.1 Å². The van der Waals surface area contributed by atoms with E-state index in [-0.39, 0.29) is 11.7 Å². The molecule has 4 nitrogen and oxygen atoms in total. The number of aliphatic hydroxyl groups is 1. The molecule has 1 atom stereocenters. The molecule has 0 spiro atoms. The van der Waals surface area contributed by atoms with Crippen LogP contribution in [0.3, 0.4) is 0 Å². The van der Waals surface area contributed by atoms with E-state index in [2.05, 4.69) is 21.2 Å². The third-order valence-corrected chi connectivity index (χ3v) is 4.21. The molecule has 0 heterocycles. The maximum absolute atomic E-state index is 13.5. The highest BCUT2D eigenvalue weighted by molar-refractivity contribution is 9.10. The first-order valence-electron chi connectivity index (χ1n) is 7.54. The van der Waals surface area contributed by atoms with E-state index in [1.54, 1.807) is 18.2 Å². The van der Waals surface area contributed by atoms with Gasteiger partial charge in [0.2, 0.25) is 0 Å². The summed E-state index contributed by atoms with van der Waals surface area (Å²) in [5.41, 5.74) is 3.33. The van der Waals surface area contributed by atoms with Crippen LogP contribution in [0.4, 0.5) is 10.1 Å². The van der Waals surface area contributed by atoms with Gasteiger partial charge in [-0.05, 0) is 56.7 Å². The van der Waals surface area contributed by atoms with Crippen LogP contribution in [-0.2, 0) is 4.79 Å². The minimum absolute atomic E-state index is 0.115. The number of hydrogen-bond acceptors (Lipinski definition) is 3. The van der Waals surface area contributed by atoms with Crippen LogP contribution in [0.1, 0.15) is 31.7 Å². The van der Waals surface area contributed by atoms with E-state index in [0.29, 0.717) is 10.2 Å². The van der Waals surface area contributed by atoms with Crippen molar-refractivity contribution >= 4 is 27.6 Å². The Morgan fingerprint density at radius 2 is 2.00 bits per heavy atom. The van der Waals surface area contributed by atoms with Gasteiger partial charge in [0, 0.05) is 5.69 Å². The number of hydrogen-bond donors (Lipinski definition) is 3. The second-order valence-electron chi connectivity index (χ2n) is 5.81. The molecule has 6 heteroatoms. The Balaban J connectivity index is 2.47. The van der Waals surface area contributed by atoms with Gasteiger partial charge in [0.1, 0.15) is 12.0 Å². The van der Waals surface area contributed by atoms with Crippen molar-refractivity contribution < 1.29 is 19.4 Å². The molecular formula is C18H19BrFNO3. The van der Waals surface area contributed by atoms with Gasteiger partial charge in [0.05, 0.1) is 10.9 Å². The lowest BCUT2D eigenvalue weighted by Gasteiger charge is -2.21. The minimum atomic E-state index is -1.18. The van der Waals surface area contributed by atoms with Gasteiger partial charge in [-0.1, -0.05) is 32.0 Å². The zero-order valence-electron chi connectivity index (χ0n) is 13.4. The zero-order valence-corrected chi connectivity index (χ0v) is 15.0. The number of carboxylic acids is 1. The monoisotopic (exact) mass is 395 g/mol. The fourth-order valence-corrected chi connectivity index (χ4v) is 3.00. The van der Waals surface area contributed by atoms with Gasteiger partial charge >= 0.3 is 5.97 Å². The Kier molecular flexibility index (Phi) is 5.96. The van der Waals surface area contributed by atoms with Crippen molar-refractivity contribution in [1.82, 2.24) is 0 Å². The molecular weight excluding hydrogens is 377 g/mol. The number of halogens is 2. The SMILES string of the molecule is CC(C)c1c(NC(O)CC(=O)O)cccc1-c1ccc(F)c(Br)c1. The van der Waals surface area contributed by atoms with E-state index in [1.165, 1.54) is 6.07 Å². The second-order valence-corrected chi connectivity index (χ2v) is 6.66. The Morgan fingerprint density at radius 3 is 2.58 bits per heavy atom. The van der Waals surface area contributed by atoms with E-state index in [9.17, 15) is 14.3 Å². The number of aliphatic hydroxyl groups excluding tert-OH is 1. The normalized spacial score (nSPS) is 12.2. The molecule has 0 fully saturated rings. The maximum Gasteiger partial charge on any atom is 0.307 e. The Bertz CT molecular complexity index is 749. The number of anilines is 1. The van der Waals surface area contributed by atoms with Crippen LogP contribution in [0.15, 0.2) is 40.9 Å². The highest BCUT2D eigenvalue weighted by atomic mass is 79.9. The third kappa shape index (κ3) is 4.33. The lowest BCUT2D eigenvalue weighted by atomic mass is 9.91. The molecule has 128 valence electrons. The summed E-state index contributed by atoms with van der Waals surface area (Å²) >= 11 is 3.20. The average Bonchev–Trinajstić information content (AvgIpc) is 2.48. The fourth-order valence-electron chi connectivity index (χ4n) is 2.62. The summed E-state index contributed by atoms with van der Waals surface area (Å²) in [6.07, 6.45) is -1.58. The molecule has 2 rings (SSSR count). The van der Waals surface area contributed by atoms with Crippen LogP contribution in [0.2, 0.25) is 0 Å². The van der Waals surface area contributed by atoms with Gasteiger partial charge in [-0.3, -0.25) is 4.79 Å². The molecule has 1 unspecified atom stereocenters. The van der Waals surface area contributed by atoms with Crippen LogP contribution in [0.5, 0.6) is 0 Å². The lowest BCUT2D eigenvalue weighted by Crippen LogP contribution is -2.23. The standard InChI is InChI=1S/C18H19BrFNO3/c1-10(2)18-12(11-6-7-14(20)13(19)8-11)4-3-5-15(18)21-16(22)9-17(23)24/h3-8,10,16,21-22H,9H2,1-2H3,(H,23,24). The molecule has 0 aromatic heterocycles. The summed E-state index contributed by atoms with van der Waals surface area (Å²) in [5, 5.41) is 21.5. The predicted molar refractivity (Wildman–Crippen MR) is 95.5 cm³/mol. The topological polar surface area (TPSA) is 69.6 Å². The molecule has 0 saturated carbocycles. The number of rotatable bonds is 6. The summed E-state index contributed by atoms with van der Waals surface area (Å²) in [5.74, 6) is -1.31. The Hall–Kier alpha value is -1.92. The third-order valence-electron chi connectivity index (χ3n) is 3.60. The van der Waals surface area contributed by atoms with Crippen LogP contribution in [0, 0.1) is 5.82 Å². The molecule has 0 aliphatic heterocycles. The predicted octanol–water partition coefficient (Wildman–Crippen LogP) is 4.58. The number of benzene rings is 2. The number of nitrogens with one attached hydrogen (secondary N) is 1. The molecule has 0 saturated heterocycles. The lowest BCUT2D eigenvalue weighted by molar-refractivity contribution is -0.138. The first-order valence-corrected chi connectivity index (χ1v) is 8.33. The Labute approximate surface area is 148 Å². The average molecular weight is 396 g/mol. The number of carboxylic acid groups (broad SMARTS) is 1. The summed E-state index contributed by atoms with van der Waals surface area (Å²) in [7, 11) is 0. The quantitative estimate of drug-likeness (QED) is 0.625. The molecule has 2 aromatic rings. The van der Waals surface area contributed by atoms with Crippen molar-refractivity contribution in [2.45, 2.75) is 32.4 Å². The summed E-state index contributed by atoms with van der Waals surface area (Å²) < 4.78 is 13.9. The van der Waals surface area contributed by atoms with Crippen LogP contribution >= 0.6 is 15.9 Å². The van der Waals surface area contributed by atoms with Crippen molar-refractivity contribution in [1.29, 1.82) is 0 Å². The molecule has 0 aliphatic carbocycles.